The predicted octanol–water partition coefficient (Wildman–Crippen LogP) is 0.370. The Morgan fingerprint density at radius 1 is 1.16 bits per heavy atom. The van der Waals surface area contributed by atoms with Gasteiger partial charge in [0.15, 0.2) is 12.0 Å². The zero-order chi connectivity index (χ0) is 22.2. The first-order chi connectivity index (χ1) is 15.0. The number of allylic oxidation sites excluding steroid dienone is 1. The van der Waals surface area contributed by atoms with Crippen molar-refractivity contribution in [3.05, 3.63) is 84.1 Å². The van der Waals surface area contributed by atoms with Crippen LogP contribution in [0.15, 0.2) is 61.2 Å². The number of halogens is 2. The summed E-state index contributed by atoms with van der Waals surface area (Å²) >= 11 is 0. The lowest BCUT2D eigenvalue weighted by atomic mass is 10.1. The minimum atomic E-state index is -0.526. The largest absolute Gasteiger partial charge is 0.344 e. The topological polar surface area (TPSA) is 110 Å². The van der Waals surface area contributed by atoms with Crippen LogP contribution in [0.4, 0.5) is 8.78 Å². The number of hydrogen-bond acceptors (Lipinski definition) is 4. The van der Waals surface area contributed by atoms with Gasteiger partial charge in [-0.25, -0.2) is 18.7 Å². The minimum Gasteiger partial charge on any atom is -0.344 e. The van der Waals surface area contributed by atoms with Crippen LogP contribution in [0.25, 0.3) is 17.0 Å². The summed E-state index contributed by atoms with van der Waals surface area (Å²) in [6.07, 6.45) is 7.34. The number of hydrogen-bond donors (Lipinski definition) is 3. The Kier molecular flexibility index (Phi) is 7.23. The van der Waals surface area contributed by atoms with Gasteiger partial charge in [-0.2, -0.15) is 0 Å². The highest BCUT2D eigenvalue weighted by atomic mass is 19.1. The van der Waals surface area contributed by atoms with Crippen molar-refractivity contribution in [1.82, 2.24) is 20.3 Å². The molecule has 3 rings (SSSR count). The summed E-state index contributed by atoms with van der Waals surface area (Å²) in [5.41, 5.74) is 1.74. The Morgan fingerprint density at radius 2 is 1.90 bits per heavy atom. The van der Waals surface area contributed by atoms with E-state index in [9.17, 15) is 13.6 Å². The molecule has 9 heteroatoms. The van der Waals surface area contributed by atoms with E-state index < -0.39 is 17.5 Å². The fraction of sp³-hybridized carbons (Fsp3) is 0.136. The summed E-state index contributed by atoms with van der Waals surface area (Å²) in [5.74, 6) is -1.05. The molecule has 7 nitrogen and oxygen atoms in total. The summed E-state index contributed by atoms with van der Waals surface area (Å²) in [4.78, 5) is 25.0. The number of amides is 1. The molecule has 0 fully saturated rings. The van der Waals surface area contributed by atoms with E-state index in [1.807, 2.05) is 12.2 Å². The Bertz CT molecular complexity index is 1090. The number of aromatic nitrogens is 3. The maximum absolute atomic E-state index is 13.8. The number of nitrogens with two attached hydrogens (primary N) is 2. The van der Waals surface area contributed by atoms with Gasteiger partial charge in [-0.1, -0.05) is 0 Å². The van der Waals surface area contributed by atoms with Gasteiger partial charge in [0.05, 0.1) is 30.0 Å². The third kappa shape index (κ3) is 5.83. The highest BCUT2D eigenvalue weighted by molar-refractivity contribution is 6.05. The third-order valence-electron chi connectivity index (χ3n) is 4.40. The van der Waals surface area contributed by atoms with Crippen LogP contribution >= 0.6 is 0 Å². The number of nitrogens with zero attached hydrogens (tertiary/aromatic N) is 3. The van der Waals surface area contributed by atoms with Crippen molar-refractivity contribution in [2.75, 3.05) is 6.54 Å². The normalized spacial score (nSPS) is 12.3. The number of nitrogens with one attached hydrogen (secondary N) is 1. The SMILES string of the molecule is CC(C[NH2+]C=C(C=[NH2+])c1ccc(F)cn1)NC(=O)c1cc(F)ccc1-c1ncccn1. The standard InChI is InChI=1S/C22H20F2N6O/c1-14(11-26-12-15(10-25)20-6-4-17(24)13-29-20)30-22(31)19-9-16(23)3-5-18(19)21-27-7-2-8-28-21/h2-10,12-14,25-26H,11H2,1H3,(H,30,31)/p+2. The van der Waals surface area contributed by atoms with E-state index in [1.165, 1.54) is 36.5 Å². The Balaban J connectivity index is 1.66. The molecule has 0 saturated carbocycles. The van der Waals surface area contributed by atoms with Crippen LogP contribution < -0.4 is 16.0 Å². The van der Waals surface area contributed by atoms with E-state index >= 15 is 0 Å². The van der Waals surface area contributed by atoms with Crippen molar-refractivity contribution in [2.24, 2.45) is 0 Å². The molecule has 0 bridgehead atoms. The first-order valence-electron chi connectivity index (χ1n) is 9.56. The molecule has 0 spiro atoms. The highest BCUT2D eigenvalue weighted by Gasteiger charge is 2.18. The molecule has 3 aromatic rings. The molecule has 1 unspecified atom stereocenters. The molecule has 2 heterocycles. The lowest BCUT2D eigenvalue weighted by Crippen LogP contribution is -2.81. The zero-order valence-electron chi connectivity index (χ0n) is 16.8. The van der Waals surface area contributed by atoms with Gasteiger partial charge >= 0.3 is 0 Å². The third-order valence-corrected chi connectivity index (χ3v) is 4.40. The van der Waals surface area contributed by atoms with E-state index in [4.69, 9.17) is 5.41 Å². The summed E-state index contributed by atoms with van der Waals surface area (Å²) in [6, 6.07) is 8.15. The van der Waals surface area contributed by atoms with Gasteiger partial charge in [-0.15, -0.1) is 0 Å². The number of carbonyl (C=O) groups is 1. The zero-order valence-corrected chi connectivity index (χ0v) is 16.8. The molecule has 0 aliphatic heterocycles. The van der Waals surface area contributed by atoms with Gasteiger partial charge in [-0.3, -0.25) is 15.2 Å². The highest BCUT2D eigenvalue weighted by Crippen LogP contribution is 2.21. The molecular formula is C22H22F2N6O+2. The van der Waals surface area contributed by atoms with E-state index in [2.05, 4.69) is 20.3 Å². The molecule has 5 N–H and O–H groups in total. The van der Waals surface area contributed by atoms with Crippen molar-refractivity contribution >= 4 is 17.7 Å². The van der Waals surface area contributed by atoms with Gasteiger partial charge < -0.3 is 10.6 Å². The van der Waals surface area contributed by atoms with Crippen LogP contribution in [0.2, 0.25) is 0 Å². The molecule has 0 saturated heterocycles. The molecule has 31 heavy (non-hydrogen) atoms. The fourth-order valence-electron chi connectivity index (χ4n) is 2.87. The first-order valence-corrected chi connectivity index (χ1v) is 9.56. The van der Waals surface area contributed by atoms with Crippen molar-refractivity contribution in [1.29, 1.82) is 0 Å². The van der Waals surface area contributed by atoms with Gasteiger partial charge in [0.1, 0.15) is 23.4 Å². The second-order valence-corrected chi connectivity index (χ2v) is 6.76. The molecule has 0 aliphatic carbocycles. The second-order valence-electron chi connectivity index (χ2n) is 6.76. The first kappa shape index (κ1) is 21.8. The number of carbonyl (C=O) groups excluding carboxylic acids is 1. The fourth-order valence-corrected chi connectivity index (χ4v) is 2.87. The molecule has 158 valence electrons. The maximum atomic E-state index is 13.8. The van der Waals surface area contributed by atoms with Gasteiger partial charge in [0, 0.05) is 18.0 Å². The lowest BCUT2D eigenvalue weighted by Gasteiger charge is -2.14. The summed E-state index contributed by atoms with van der Waals surface area (Å²) in [7, 11) is 0. The van der Waals surface area contributed by atoms with Crippen LogP contribution in [-0.2, 0) is 0 Å². The minimum absolute atomic E-state index is 0.153. The predicted molar refractivity (Wildman–Crippen MR) is 111 cm³/mol. The molecule has 1 aromatic carbocycles. The van der Waals surface area contributed by atoms with Gasteiger partial charge in [-0.05, 0) is 43.3 Å². The van der Waals surface area contributed by atoms with Crippen molar-refractivity contribution in [3.63, 3.8) is 0 Å². The van der Waals surface area contributed by atoms with Gasteiger partial charge in [0.25, 0.3) is 5.91 Å². The quantitative estimate of drug-likeness (QED) is 0.454. The summed E-state index contributed by atoms with van der Waals surface area (Å²) in [6.45, 7) is 2.30. The van der Waals surface area contributed by atoms with Crippen LogP contribution in [0.5, 0.6) is 0 Å². The monoisotopic (exact) mass is 424 g/mol. The molecule has 0 radical (unpaired) electrons. The number of pyridine rings is 1. The number of quaternary nitrogens is 1. The number of rotatable bonds is 8. The molecule has 1 amide bonds. The second kappa shape index (κ2) is 10.3. The number of benzene rings is 1. The van der Waals surface area contributed by atoms with Crippen molar-refractivity contribution in [2.45, 2.75) is 13.0 Å². The van der Waals surface area contributed by atoms with Crippen LogP contribution in [0.1, 0.15) is 23.0 Å². The van der Waals surface area contributed by atoms with E-state index in [0.717, 1.165) is 6.20 Å². The van der Waals surface area contributed by atoms with Crippen molar-refractivity contribution < 1.29 is 24.3 Å². The van der Waals surface area contributed by atoms with E-state index in [-0.39, 0.29) is 11.6 Å². The lowest BCUT2D eigenvalue weighted by molar-refractivity contribution is -0.589. The van der Waals surface area contributed by atoms with Crippen molar-refractivity contribution in [3.8, 4) is 11.4 Å². The molecule has 2 aromatic heterocycles. The maximum Gasteiger partial charge on any atom is 0.252 e. The van der Waals surface area contributed by atoms with Crippen LogP contribution in [0, 0.1) is 11.6 Å². The van der Waals surface area contributed by atoms with Crippen LogP contribution in [0.3, 0.4) is 0 Å². The summed E-state index contributed by atoms with van der Waals surface area (Å²) < 4.78 is 26.8. The molecular weight excluding hydrogens is 402 g/mol. The average molecular weight is 424 g/mol. The average Bonchev–Trinajstić information content (AvgIpc) is 2.78. The Morgan fingerprint density at radius 3 is 2.58 bits per heavy atom. The smallest absolute Gasteiger partial charge is 0.252 e. The van der Waals surface area contributed by atoms with Gasteiger partial charge in [0.2, 0.25) is 0 Å². The Hall–Kier alpha value is -3.85. The van der Waals surface area contributed by atoms with Crippen LogP contribution in [-0.4, -0.2) is 39.7 Å². The van der Waals surface area contributed by atoms with E-state index in [0.29, 0.717) is 29.2 Å². The summed E-state index contributed by atoms with van der Waals surface area (Å²) in [5, 5.41) is 10.3. The molecule has 0 aliphatic rings. The van der Waals surface area contributed by atoms with E-state index in [1.54, 1.807) is 24.7 Å². The Labute approximate surface area is 177 Å². The molecule has 1 atom stereocenters.